The third-order valence-electron chi connectivity index (χ3n) is 2.88. The first-order valence-corrected chi connectivity index (χ1v) is 7.60. The molecule has 2 aromatic rings. The van der Waals surface area contributed by atoms with E-state index in [1.54, 1.807) is 19.2 Å². The number of nitrogens with zero attached hydrogens (tertiary/aromatic N) is 1. The van der Waals surface area contributed by atoms with Gasteiger partial charge >= 0.3 is 0 Å². The molecule has 110 valence electrons. The molecule has 0 spiro atoms. The van der Waals surface area contributed by atoms with Crippen molar-refractivity contribution in [2.45, 2.75) is 6.54 Å². The van der Waals surface area contributed by atoms with Gasteiger partial charge in [0.1, 0.15) is 5.75 Å². The van der Waals surface area contributed by atoms with Crippen molar-refractivity contribution >= 4 is 43.2 Å². The highest BCUT2D eigenvalue weighted by Gasteiger charge is 2.12. The molecule has 0 heterocycles. The number of nitro groups is 1. The van der Waals surface area contributed by atoms with Crippen molar-refractivity contribution in [2.75, 3.05) is 12.4 Å². The summed E-state index contributed by atoms with van der Waals surface area (Å²) in [6.45, 7) is 0.524. The van der Waals surface area contributed by atoms with E-state index in [1.807, 2.05) is 18.2 Å². The number of hydrogen-bond donors (Lipinski definition) is 1. The van der Waals surface area contributed by atoms with Crippen LogP contribution in [0.3, 0.4) is 0 Å². The van der Waals surface area contributed by atoms with Gasteiger partial charge in [-0.15, -0.1) is 0 Å². The quantitative estimate of drug-likeness (QED) is 0.565. The van der Waals surface area contributed by atoms with E-state index in [9.17, 15) is 10.1 Å². The molecule has 0 bridgehead atoms. The number of nitro benzene ring substituents is 1. The smallest absolute Gasteiger partial charge is 0.285 e. The van der Waals surface area contributed by atoms with Crippen molar-refractivity contribution in [1.82, 2.24) is 0 Å². The summed E-state index contributed by atoms with van der Waals surface area (Å²) in [6.07, 6.45) is 0. The van der Waals surface area contributed by atoms with Crippen molar-refractivity contribution in [3.63, 3.8) is 0 Å². The Labute approximate surface area is 138 Å². The van der Waals surface area contributed by atoms with Gasteiger partial charge in [0.25, 0.3) is 5.69 Å². The Bertz CT molecular complexity index is 677. The monoisotopic (exact) mass is 414 g/mol. The summed E-state index contributed by atoms with van der Waals surface area (Å²) >= 11 is 6.64. The predicted octanol–water partition coefficient (Wildman–Crippen LogP) is 4.74. The van der Waals surface area contributed by atoms with Gasteiger partial charge in [-0.05, 0) is 51.8 Å². The maximum atomic E-state index is 10.9. The Balaban J connectivity index is 2.16. The highest BCUT2D eigenvalue weighted by molar-refractivity contribution is 9.10. The SMILES string of the molecule is COc1ccc(Br)c(CNc2ccc(Br)c([N+](=O)[O-])c2)c1. The fraction of sp³-hybridized carbons (Fsp3) is 0.143. The number of halogens is 2. The third kappa shape index (κ3) is 3.95. The average Bonchev–Trinajstić information content (AvgIpc) is 2.47. The molecule has 5 nitrogen and oxygen atoms in total. The maximum Gasteiger partial charge on any atom is 0.285 e. The molecule has 0 atom stereocenters. The number of benzene rings is 2. The van der Waals surface area contributed by atoms with Crippen LogP contribution in [0.2, 0.25) is 0 Å². The van der Waals surface area contributed by atoms with Gasteiger partial charge in [-0.25, -0.2) is 0 Å². The van der Waals surface area contributed by atoms with Crippen molar-refractivity contribution in [3.05, 3.63) is 61.0 Å². The van der Waals surface area contributed by atoms with Gasteiger partial charge in [0.2, 0.25) is 0 Å². The van der Waals surface area contributed by atoms with Crippen molar-refractivity contribution in [1.29, 1.82) is 0 Å². The van der Waals surface area contributed by atoms with E-state index in [2.05, 4.69) is 37.2 Å². The van der Waals surface area contributed by atoms with Crippen LogP contribution in [0.5, 0.6) is 5.75 Å². The van der Waals surface area contributed by atoms with Crippen LogP contribution in [0.15, 0.2) is 45.3 Å². The summed E-state index contributed by atoms with van der Waals surface area (Å²) in [7, 11) is 1.61. The molecular weight excluding hydrogens is 404 g/mol. The van der Waals surface area contributed by atoms with Gasteiger partial charge < -0.3 is 10.1 Å². The molecule has 2 aromatic carbocycles. The Kier molecular flexibility index (Phi) is 5.19. The fourth-order valence-corrected chi connectivity index (χ4v) is 2.55. The van der Waals surface area contributed by atoms with Crippen LogP contribution in [-0.2, 0) is 6.54 Å². The van der Waals surface area contributed by atoms with Crippen LogP contribution in [0.4, 0.5) is 11.4 Å². The summed E-state index contributed by atoms with van der Waals surface area (Å²) < 4.78 is 6.59. The van der Waals surface area contributed by atoms with Gasteiger partial charge in [-0.1, -0.05) is 15.9 Å². The largest absolute Gasteiger partial charge is 0.497 e. The molecule has 0 fully saturated rings. The number of methoxy groups -OCH3 is 1. The molecule has 0 saturated carbocycles. The first-order valence-electron chi connectivity index (χ1n) is 6.01. The van der Waals surface area contributed by atoms with E-state index in [0.29, 0.717) is 16.7 Å². The standard InChI is InChI=1S/C14H12Br2N2O3/c1-21-11-3-5-12(15)9(6-11)8-17-10-2-4-13(16)14(7-10)18(19)20/h2-7,17H,8H2,1H3. The van der Waals surface area contributed by atoms with Gasteiger partial charge in [-0.3, -0.25) is 10.1 Å². The zero-order chi connectivity index (χ0) is 15.4. The minimum absolute atomic E-state index is 0.0321. The highest BCUT2D eigenvalue weighted by atomic mass is 79.9. The second kappa shape index (κ2) is 6.91. The molecule has 1 N–H and O–H groups in total. The number of anilines is 1. The Morgan fingerprint density at radius 2 is 1.90 bits per heavy atom. The highest BCUT2D eigenvalue weighted by Crippen LogP contribution is 2.29. The fourth-order valence-electron chi connectivity index (χ4n) is 1.77. The predicted molar refractivity (Wildman–Crippen MR) is 88.8 cm³/mol. The number of hydrogen-bond acceptors (Lipinski definition) is 4. The lowest BCUT2D eigenvalue weighted by Crippen LogP contribution is -2.01. The average molecular weight is 416 g/mol. The van der Waals surface area contributed by atoms with E-state index in [0.717, 1.165) is 15.8 Å². The minimum atomic E-state index is -0.420. The zero-order valence-corrected chi connectivity index (χ0v) is 14.3. The second-order valence-corrected chi connectivity index (χ2v) is 5.94. The van der Waals surface area contributed by atoms with Crippen molar-refractivity contribution < 1.29 is 9.66 Å². The van der Waals surface area contributed by atoms with E-state index >= 15 is 0 Å². The summed E-state index contributed by atoms with van der Waals surface area (Å²) in [6, 6.07) is 10.6. The third-order valence-corrected chi connectivity index (χ3v) is 4.32. The van der Waals surface area contributed by atoms with Crippen LogP contribution in [0.25, 0.3) is 0 Å². The van der Waals surface area contributed by atoms with E-state index in [1.165, 1.54) is 6.07 Å². The molecule has 0 aliphatic rings. The van der Waals surface area contributed by atoms with Gasteiger partial charge in [0, 0.05) is 22.8 Å². The lowest BCUT2D eigenvalue weighted by Gasteiger charge is -2.10. The maximum absolute atomic E-state index is 10.9. The lowest BCUT2D eigenvalue weighted by atomic mass is 10.2. The van der Waals surface area contributed by atoms with Crippen molar-refractivity contribution in [2.24, 2.45) is 0 Å². The van der Waals surface area contributed by atoms with Gasteiger partial charge in [0.05, 0.1) is 16.5 Å². The molecule has 0 aliphatic carbocycles. The summed E-state index contributed by atoms with van der Waals surface area (Å²) in [4.78, 5) is 10.5. The summed E-state index contributed by atoms with van der Waals surface area (Å²) in [5, 5.41) is 14.1. The molecule has 0 amide bonds. The second-order valence-electron chi connectivity index (χ2n) is 4.23. The summed E-state index contributed by atoms with van der Waals surface area (Å²) in [5.41, 5.74) is 1.71. The number of nitrogens with one attached hydrogen (secondary N) is 1. The summed E-state index contributed by atoms with van der Waals surface area (Å²) in [5.74, 6) is 0.761. The van der Waals surface area contributed by atoms with E-state index in [4.69, 9.17) is 4.74 Å². The minimum Gasteiger partial charge on any atom is -0.497 e. The van der Waals surface area contributed by atoms with E-state index in [-0.39, 0.29) is 5.69 Å². The molecular formula is C14H12Br2N2O3. The van der Waals surface area contributed by atoms with Crippen molar-refractivity contribution in [3.8, 4) is 5.75 Å². The number of rotatable bonds is 5. The topological polar surface area (TPSA) is 64.4 Å². The van der Waals surface area contributed by atoms with Crippen LogP contribution >= 0.6 is 31.9 Å². The van der Waals surface area contributed by atoms with Gasteiger partial charge in [-0.2, -0.15) is 0 Å². The van der Waals surface area contributed by atoms with Crippen LogP contribution in [-0.4, -0.2) is 12.0 Å². The van der Waals surface area contributed by atoms with E-state index < -0.39 is 4.92 Å². The Morgan fingerprint density at radius 3 is 2.57 bits per heavy atom. The molecule has 0 saturated heterocycles. The molecule has 21 heavy (non-hydrogen) atoms. The molecule has 2 rings (SSSR count). The first kappa shape index (κ1) is 15.8. The van der Waals surface area contributed by atoms with Crippen LogP contribution < -0.4 is 10.1 Å². The van der Waals surface area contributed by atoms with Gasteiger partial charge in [0.15, 0.2) is 0 Å². The number of ether oxygens (including phenoxy) is 1. The molecule has 0 aliphatic heterocycles. The first-order chi connectivity index (χ1) is 10.0. The molecule has 7 heteroatoms. The Hall–Kier alpha value is -1.60. The zero-order valence-electron chi connectivity index (χ0n) is 11.1. The Morgan fingerprint density at radius 1 is 1.19 bits per heavy atom. The van der Waals surface area contributed by atoms with Crippen LogP contribution in [0, 0.1) is 10.1 Å². The normalized spacial score (nSPS) is 10.2. The lowest BCUT2D eigenvalue weighted by molar-refractivity contribution is -0.385. The molecule has 0 radical (unpaired) electrons. The van der Waals surface area contributed by atoms with Crippen LogP contribution in [0.1, 0.15) is 5.56 Å². The molecule has 0 aromatic heterocycles. The molecule has 0 unspecified atom stereocenters.